The van der Waals surface area contributed by atoms with Crippen LogP contribution in [0.15, 0.2) is 22.7 Å². The third-order valence-electron chi connectivity index (χ3n) is 2.94. The fourth-order valence-electron chi connectivity index (χ4n) is 1.32. The Morgan fingerprint density at radius 2 is 2.00 bits per heavy atom. The zero-order chi connectivity index (χ0) is 12.3. The zero-order valence-corrected chi connectivity index (χ0v) is 11.9. The molecule has 1 atom stereocenters. The fourth-order valence-corrected chi connectivity index (χ4v) is 1.93. The molecule has 1 aromatic carbocycles. The molecule has 0 amide bonds. The first-order chi connectivity index (χ1) is 7.31. The number of hydrogen-bond acceptors (Lipinski definition) is 2. The van der Waals surface area contributed by atoms with Gasteiger partial charge < -0.3 is 10.4 Å². The van der Waals surface area contributed by atoms with Gasteiger partial charge in [-0.1, -0.05) is 29.8 Å². The molecule has 0 aliphatic carbocycles. The minimum absolute atomic E-state index is 0.230. The summed E-state index contributed by atoms with van der Waals surface area (Å²) in [5.41, 5.74) is 1.55. The Labute approximate surface area is 106 Å². The normalized spacial score (nSPS) is 14.9. The number of hydrogen-bond donors (Lipinski definition) is 2. The first-order valence-corrected chi connectivity index (χ1v) is 6.34. The average Bonchev–Trinajstić information content (AvgIpc) is 2.13. The highest BCUT2D eigenvalue weighted by atomic mass is 79.9. The van der Waals surface area contributed by atoms with Crippen molar-refractivity contribution in [2.45, 2.75) is 33.3 Å². The Bertz CT molecular complexity index is 341. The molecule has 0 spiro atoms. The second-order valence-electron chi connectivity index (χ2n) is 4.88. The second-order valence-corrected chi connectivity index (χ2v) is 5.80. The van der Waals surface area contributed by atoms with E-state index in [1.165, 1.54) is 5.56 Å². The monoisotopic (exact) mass is 285 g/mol. The van der Waals surface area contributed by atoms with Crippen LogP contribution in [0.4, 0.5) is 5.69 Å². The minimum Gasteiger partial charge on any atom is -0.388 e. The van der Waals surface area contributed by atoms with Crippen molar-refractivity contribution in [2.24, 2.45) is 5.92 Å². The lowest BCUT2D eigenvalue weighted by atomic mass is 9.92. The molecule has 0 bridgehead atoms. The third-order valence-corrected chi connectivity index (χ3v) is 3.39. The Morgan fingerprint density at radius 3 is 2.50 bits per heavy atom. The molecule has 3 heteroatoms. The van der Waals surface area contributed by atoms with Crippen LogP contribution in [0.1, 0.15) is 26.3 Å². The van der Waals surface area contributed by atoms with E-state index >= 15 is 0 Å². The SMILES string of the molecule is Cc1cc(Br)cc(NCC(C)(O)C(C)C)c1. The third kappa shape index (κ3) is 3.80. The van der Waals surface area contributed by atoms with Crippen molar-refractivity contribution in [3.8, 4) is 0 Å². The topological polar surface area (TPSA) is 32.3 Å². The summed E-state index contributed by atoms with van der Waals surface area (Å²) in [6, 6.07) is 6.15. The molecule has 1 unspecified atom stereocenters. The molecule has 0 aliphatic heterocycles. The van der Waals surface area contributed by atoms with Gasteiger partial charge in [-0.3, -0.25) is 0 Å². The summed E-state index contributed by atoms with van der Waals surface area (Å²) in [5, 5.41) is 13.4. The molecule has 0 fully saturated rings. The number of halogens is 1. The number of aryl methyl sites for hydroxylation is 1. The molecule has 2 nitrogen and oxygen atoms in total. The van der Waals surface area contributed by atoms with E-state index in [9.17, 15) is 5.11 Å². The first kappa shape index (κ1) is 13.5. The fraction of sp³-hybridized carbons (Fsp3) is 0.538. The molecule has 1 aromatic rings. The molecule has 0 aliphatic rings. The summed E-state index contributed by atoms with van der Waals surface area (Å²) in [4.78, 5) is 0. The van der Waals surface area contributed by atoms with E-state index in [1.807, 2.05) is 26.8 Å². The molecule has 0 saturated carbocycles. The molecular formula is C13H20BrNO. The van der Waals surface area contributed by atoms with Gasteiger partial charge in [-0.25, -0.2) is 0 Å². The maximum absolute atomic E-state index is 10.1. The highest BCUT2D eigenvalue weighted by Crippen LogP contribution is 2.21. The molecular weight excluding hydrogens is 266 g/mol. The second kappa shape index (κ2) is 5.19. The van der Waals surface area contributed by atoms with E-state index < -0.39 is 5.60 Å². The Balaban J connectivity index is 2.68. The first-order valence-electron chi connectivity index (χ1n) is 5.55. The number of nitrogens with one attached hydrogen (secondary N) is 1. The molecule has 1 rings (SSSR count). The highest BCUT2D eigenvalue weighted by molar-refractivity contribution is 9.10. The van der Waals surface area contributed by atoms with Gasteiger partial charge >= 0.3 is 0 Å². The molecule has 90 valence electrons. The molecule has 16 heavy (non-hydrogen) atoms. The van der Waals surface area contributed by atoms with Gasteiger partial charge in [0.25, 0.3) is 0 Å². The smallest absolute Gasteiger partial charge is 0.0813 e. The van der Waals surface area contributed by atoms with Crippen molar-refractivity contribution in [2.75, 3.05) is 11.9 Å². The summed E-state index contributed by atoms with van der Waals surface area (Å²) in [6.45, 7) is 8.51. The van der Waals surface area contributed by atoms with Crippen LogP contribution in [0.2, 0.25) is 0 Å². The van der Waals surface area contributed by atoms with E-state index in [2.05, 4.69) is 40.3 Å². The summed E-state index contributed by atoms with van der Waals surface area (Å²) >= 11 is 3.46. The van der Waals surface area contributed by atoms with E-state index in [0.717, 1.165) is 10.2 Å². The van der Waals surface area contributed by atoms with Crippen molar-refractivity contribution in [3.05, 3.63) is 28.2 Å². The van der Waals surface area contributed by atoms with Gasteiger partial charge in [-0.15, -0.1) is 0 Å². The van der Waals surface area contributed by atoms with E-state index in [0.29, 0.717) is 6.54 Å². The van der Waals surface area contributed by atoms with Gasteiger partial charge in [0.1, 0.15) is 0 Å². The largest absolute Gasteiger partial charge is 0.388 e. The Morgan fingerprint density at radius 1 is 1.38 bits per heavy atom. The van der Waals surface area contributed by atoms with Crippen LogP contribution < -0.4 is 5.32 Å². The van der Waals surface area contributed by atoms with E-state index in [1.54, 1.807) is 0 Å². The zero-order valence-electron chi connectivity index (χ0n) is 10.3. The predicted molar refractivity (Wildman–Crippen MR) is 72.8 cm³/mol. The van der Waals surface area contributed by atoms with Crippen LogP contribution in [0.3, 0.4) is 0 Å². The van der Waals surface area contributed by atoms with Crippen LogP contribution in [-0.4, -0.2) is 17.3 Å². The van der Waals surface area contributed by atoms with Crippen LogP contribution in [-0.2, 0) is 0 Å². The summed E-state index contributed by atoms with van der Waals surface area (Å²) < 4.78 is 1.05. The van der Waals surface area contributed by atoms with Crippen LogP contribution >= 0.6 is 15.9 Å². The quantitative estimate of drug-likeness (QED) is 0.886. The lowest BCUT2D eigenvalue weighted by Crippen LogP contribution is -2.38. The number of rotatable bonds is 4. The van der Waals surface area contributed by atoms with Gasteiger partial charge in [0.15, 0.2) is 0 Å². The molecule has 0 radical (unpaired) electrons. The Hall–Kier alpha value is -0.540. The predicted octanol–water partition coefficient (Wildman–Crippen LogP) is 3.58. The standard InChI is InChI=1S/C13H20BrNO/c1-9(2)13(4,16)8-15-12-6-10(3)5-11(14)7-12/h5-7,9,15-16H,8H2,1-4H3. The number of anilines is 1. The maximum Gasteiger partial charge on any atom is 0.0813 e. The van der Waals surface area contributed by atoms with Crippen molar-refractivity contribution in [1.82, 2.24) is 0 Å². The summed E-state index contributed by atoms with van der Waals surface area (Å²) in [7, 11) is 0. The minimum atomic E-state index is -0.684. The summed E-state index contributed by atoms with van der Waals surface area (Å²) in [5.74, 6) is 0.230. The van der Waals surface area contributed by atoms with Crippen molar-refractivity contribution >= 4 is 21.6 Å². The van der Waals surface area contributed by atoms with Crippen molar-refractivity contribution in [3.63, 3.8) is 0 Å². The van der Waals surface area contributed by atoms with Gasteiger partial charge in [-0.2, -0.15) is 0 Å². The van der Waals surface area contributed by atoms with Crippen molar-refractivity contribution in [1.29, 1.82) is 0 Å². The number of aliphatic hydroxyl groups is 1. The Kier molecular flexibility index (Phi) is 4.39. The van der Waals surface area contributed by atoms with E-state index in [-0.39, 0.29) is 5.92 Å². The maximum atomic E-state index is 10.1. The van der Waals surface area contributed by atoms with Crippen molar-refractivity contribution < 1.29 is 5.11 Å². The molecule has 0 heterocycles. The van der Waals surface area contributed by atoms with E-state index in [4.69, 9.17) is 0 Å². The lowest BCUT2D eigenvalue weighted by Gasteiger charge is -2.28. The number of benzene rings is 1. The molecule has 0 aromatic heterocycles. The van der Waals surface area contributed by atoms with Crippen LogP contribution in [0.25, 0.3) is 0 Å². The molecule has 0 saturated heterocycles. The highest BCUT2D eigenvalue weighted by Gasteiger charge is 2.24. The summed E-state index contributed by atoms with van der Waals surface area (Å²) in [6.07, 6.45) is 0. The van der Waals surface area contributed by atoms with Crippen LogP contribution in [0.5, 0.6) is 0 Å². The average molecular weight is 286 g/mol. The van der Waals surface area contributed by atoms with Gasteiger partial charge in [0, 0.05) is 16.7 Å². The molecule has 2 N–H and O–H groups in total. The van der Waals surface area contributed by atoms with Gasteiger partial charge in [0.2, 0.25) is 0 Å². The van der Waals surface area contributed by atoms with Gasteiger partial charge in [-0.05, 0) is 43.5 Å². The van der Waals surface area contributed by atoms with Gasteiger partial charge in [0.05, 0.1) is 5.60 Å². The lowest BCUT2D eigenvalue weighted by molar-refractivity contribution is 0.0266. The van der Waals surface area contributed by atoms with Crippen LogP contribution in [0, 0.1) is 12.8 Å².